The molecule has 1 aromatic carbocycles. The molecule has 5 heteroatoms. The minimum absolute atomic E-state index is 0.0797. The molecule has 5 nitrogen and oxygen atoms in total. The van der Waals surface area contributed by atoms with Gasteiger partial charge in [-0.15, -0.1) is 0 Å². The van der Waals surface area contributed by atoms with Gasteiger partial charge in [0.2, 0.25) is 0 Å². The first-order valence-electron chi connectivity index (χ1n) is 8.82. The molecule has 1 unspecified atom stereocenters. The molecule has 0 fully saturated rings. The Bertz CT molecular complexity index is 747. The highest BCUT2D eigenvalue weighted by atomic mass is 16.3. The summed E-state index contributed by atoms with van der Waals surface area (Å²) in [5.74, 6) is -0.0797. The summed E-state index contributed by atoms with van der Waals surface area (Å²) in [6.45, 7) is 7.23. The minimum atomic E-state index is -0.828. The Labute approximate surface area is 148 Å². The van der Waals surface area contributed by atoms with E-state index < -0.39 is 6.23 Å². The number of rotatable bonds is 7. The molecule has 1 aliphatic rings. The van der Waals surface area contributed by atoms with E-state index in [0.29, 0.717) is 17.7 Å². The van der Waals surface area contributed by atoms with Crippen LogP contribution in [0.5, 0.6) is 0 Å². The minimum Gasteiger partial charge on any atom is -0.369 e. The van der Waals surface area contributed by atoms with Crippen LogP contribution in [0.4, 0.5) is 0 Å². The molecule has 1 amide bonds. The molecule has 2 aromatic rings. The van der Waals surface area contributed by atoms with Crippen LogP contribution in [0.25, 0.3) is 0 Å². The van der Waals surface area contributed by atoms with E-state index in [2.05, 4.69) is 22.9 Å². The molecule has 132 valence electrons. The molecule has 3 rings (SSSR count). The second kappa shape index (κ2) is 7.76. The van der Waals surface area contributed by atoms with Crippen LogP contribution in [0, 0.1) is 6.92 Å². The van der Waals surface area contributed by atoms with Gasteiger partial charge in [-0.2, -0.15) is 0 Å². The van der Waals surface area contributed by atoms with Crippen molar-refractivity contribution in [3.8, 4) is 0 Å². The Kier molecular flexibility index (Phi) is 5.46. The smallest absolute Gasteiger partial charge is 0.256 e. The van der Waals surface area contributed by atoms with Crippen molar-refractivity contribution in [1.82, 2.24) is 14.8 Å². The molecule has 1 atom stereocenters. The van der Waals surface area contributed by atoms with Gasteiger partial charge in [-0.3, -0.25) is 9.78 Å². The summed E-state index contributed by atoms with van der Waals surface area (Å²) in [5, 5.41) is 10.4. The molecule has 2 heterocycles. The van der Waals surface area contributed by atoms with Crippen LogP contribution in [0.15, 0.2) is 42.6 Å². The van der Waals surface area contributed by atoms with Gasteiger partial charge in [-0.05, 0) is 43.7 Å². The van der Waals surface area contributed by atoms with Crippen molar-refractivity contribution in [1.29, 1.82) is 0 Å². The molecule has 0 radical (unpaired) electrons. The van der Waals surface area contributed by atoms with E-state index in [0.717, 1.165) is 31.7 Å². The Morgan fingerprint density at radius 1 is 1.24 bits per heavy atom. The zero-order chi connectivity index (χ0) is 17.8. The van der Waals surface area contributed by atoms with Crippen molar-refractivity contribution >= 4 is 5.91 Å². The fourth-order valence-electron chi connectivity index (χ4n) is 3.30. The number of nitrogens with zero attached hydrogens (tertiary/aromatic N) is 3. The highest BCUT2D eigenvalue weighted by molar-refractivity contribution is 5.98. The summed E-state index contributed by atoms with van der Waals surface area (Å²) in [6.07, 6.45) is 1.97. The van der Waals surface area contributed by atoms with Crippen LogP contribution < -0.4 is 0 Å². The molecule has 1 N–H and O–H groups in total. The van der Waals surface area contributed by atoms with Crippen molar-refractivity contribution in [2.45, 2.75) is 26.5 Å². The van der Waals surface area contributed by atoms with Crippen LogP contribution >= 0.6 is 0 Å². The van der Waals surface area contributed by atoms with Gasteiger partial charge in [0.1, 0.15) is 0 Å². The van der Waals surface area contributed by atoms with Crippen molar-refractivity contribution in [3.05, 3.63) is 65.0 Å². The highest BCUT2D eigenvalue weighted by Gasteiger charge is 2.34. The summed E-state index contributed by atoms with van der Waals surface area (Å²) >= 11 is 0. The molecule has 0 aliphatic carbocycles. The zero-order valence-corrected chi connectivity index (χ0v) is 14.9. The van der Waals surface area contributed by atoms with Gasteiger partial charge in [0, 0.05) is 42.7 Å². The maximum absolute atomic E-state index is 12.5. The summed E-state index contributed by atoms with van der Waals surface area (Å²) < 4.78 is 0. The van der Waals surface area contributed by atoms with E-state index in [-0.39, 0.29) is 5.91 Å². The maximum atomic E-state index is 12.5. The van der Waals surface area contributed by atoms with Gasteiger partial charge in [0.15, 0.2) is 6.23 Å². The zero-order valence-electron chi connectivity index (χ0n) is 14.9. The first kappa shape index (κ1) is 17.6. The summed E-state index contributed by atoms with van der Waals surface area (Å²) in [5.41, 5.74) is 3.63. The monoisotopic (exact) mass is 339 g/mol. The number of aliphatic hydroxyl groups is 1. The van der Waals surface area contributed by atoms with Crippen molar-refractivity contribution in [3.63, 3.8) is 0 Å². The fourth-order valence-corrected chi connectivity index (χ4v) is 3.30. The second-order valence-corrected chi connectivity index (χ2v) is 6.45. The van der Waals surface area contributed by atoms with E-state index in [1.165, 1.54) is 5.56 Å². The SMILES string of the molecule is CCN(CCc1ccnc(C)c1)CCN1C(=O)c2ccccc2C1O. The highest BCUT2D eigenvalue weighted by Crippen LogP contribution is 2.30. The Morgan fingerprint density at radius 2 is 2.04 bits per heavy atom. The summed E-state index contributed by atoms with van der Waals surface area (Å²) in [4.78, 5) is 20.6. The number of amides is 1. The number of benzene rings is 1. The Hall–Kier alpha value is -2.24. The van der Waals surface area contributed by atoms with Gasteiger partial charge in [0.25, 0.3) is 5.91 Å². The lowest BCUT2D eigenvalue weighted by atomic mass is 10.1. The van der Waals surface area contributed by atoms with E-state index in [4.69, 9.17) is 0 Å². The Balaban J connectivity index is 1.56. The lowest BCUT2D eigenvalue weighted by Gasteiger charge is -2.26. The molecule has 0 saturated heterocycles. The Morgan fingerprint density at radius 3 is 2.76 bits per heavy atom. The molecule has 25 heavy (non-hydrogen) atoms. The number of aromatic nitrogens is 1. The number of hydrogen-bond acceptors (Lipinski definition) is 4. The van der Waals surface area contributed by atoms with Gasteiger partial charge in [-0.1, -0.05) is 25.1 Å². The number of hydrogen-bond donors (Lipinski definition) is 1. The van der Waals surface area contributed by atoms with Gasteiger partial charge >= 0.3 is 0 Å². The first-order valence-corrected chi connectivity index (χ1v) is 8.82. The van der Waals surface area contributed by atoms with E-state index in [1.54, 1.807) is 11.0 Å². The fraction of sp³-hybridized carbons (Fsp3) is 0.400. The molecule has 1 aliphatic heterocycles. The topological polar surface area (TPSA) is 56.7 Å². The predicted octanol–water partition coefficient (Wildman–Crippen LogP) is 2.40. The number of aryl methyl sites for hydroxylation is 1. The number of pyridine rings is 1. The quantitative estimate of drug-likeness (QED) is 0.842. The van der Waals surface area contributed by atoms with Gasteiger partial charge < -0.3 is 14.9 Å². The van der Waals surface area contributed by atoms with E-state index in [9.17, 15) is 9.90 Å². The number of likely N-dealkylation sites (N-methyl/N-ethyl adjacent to an activating group) is 1. The average molecular weight is 339 g/mol. The third kappa shape index (κ3) is 3.89. The standard InChI is InChI=1S/C20H25N3O2/c1-3-22(11-9-16-8-10-21-15(2)14-16)12-13-23-19(24)17-6-4-5-7-18(17)20(23)25/h4-8,10,14,19,24H,3,9,11-13H2,1-2H3. The third-order valence-electron chi connectivity index (χ3n) is 4.81. The van der Waals surface area contributed by atoms with Crippen LogP contribution in [0.1, 0.15) is 40.3 Å². The van der Waals surface area contributed by atoms with Crippen molar-refractivity contribution in [2.24, 2.45) is 0 Å². The number of fused-ring (bicyclic) bond motifs is 1. The number of aliphatic hydroxyl groups excluding tert-OH is 1. The van der Waals surface area contributed by atoms with Crippen LogP contribution in [0.2, 0.25) is 0 Å². The van der Waals surface area contributed by atoms with Gasteiger partial charge in [0.05, 0.1) is 0 Å². The molecule has 0 saturated carbocycles. The maximum Gasteiger partial charge on any atom is 0.256 e. The average Bonchev–Trinajstić information content (AvgIpc) is 2.87. The normalized spacial score (nSPS) is 16.6. The second-order valence-electron chi connectivity index (χ2n) is 6.45. The lowest BCUT2D eigenvalue weighted by Crippen LogP contribution is -2.38. The molecular formula is C20H25N3O2. The molecule has 0 spiro atoms. The lowest BCUT2D eigenvalue weighted by molar-refractivity contribution is 0.0139. The van der Waals surface area contributed by atoms with Crippen LogP contribution in [-0.4, -0.2) is 52.0 Å². The first-order chi connectivity index (χ1) is 12.1. The van der Waals surface area contributed by atoms with E-state index >= 15 is 0 Å². The van der Waals surface area contributed by atoms with E-state index in [1.807, 2.05) is 37.4 Å². The number of carbonyl (C=O) groups excluding carboxylic acids is 1. The molecular weight excluding hydrogens is 314 g/mol. The molecule has 1 aromatic heterocycles. The van der Waals surface area contributed by atoms with Gasteiger partial charge in [-0.25, -0.2) is 0 Å². The third-order valence-corrected chi connectivity index (χ3v) is 4.81. The summed E-state index contributed by atoms with van der Waals surface area (Å²) in [7, 11) is 0. The van der Waals surface area contributed by atoms with Crippen molar-refractivity contribution < 1.29 is 9.90 Å². The predicted molar refractivity (Wildman–Crippen MR) is 97.2 cm³/mol. The summed E-state index contributed by atoms with van der Waals surface area (Å²) in [6, 6.07) is 11.4. The number of carbonyl (C=O) groups is 1. The largest absolute Gasteiger partial charge is 0.369 e. The molecule has 0 bridgehead atoms. The van der Waals surface area contributed by atoms with Crippen LogP contribution in [0.3, 0.4) is 0 Å². The van der Waals surface area contributed by atoms with Crippen molar-refractivity contribution in [2.75, 3.05) is 26.2 Å². The van der Waals surface area contributed by atoms with Crippen LogP contribution in [-0.2, 0) is 6.42 Å².